The minimum Gasteiger partial charge on any atom is -0.493 e. The minimum absolute atomic E-state index is 0.305. The number of hydroxylamine groups is 2. The first-order chi connectivity index (χ1) is 11.1. The first-order valence-corrected chi connectivity index (χ1v) is 7.63. The Labute approximate surface area is 136 Å². The third kappa shape index (κ3) is 4.56. The van der Waals surface area contributed by atoms with Gasteiger partial charge in [-0.05, 0) is 31.4 Å². The Morgan fingerprint density at radius 1 is 1.35 bits per heavy atom. The van der Waals surface area contributed by atoms with Crippen LogP contribution in [0.3, 0.4) is 0 Å². The van der Waals surface area contributed by atoms with E-state index in [2.05, 4.69) is 5.32 Å². The molecule has 6 nitrogen and oxygen atoms in total. The van der Waals surface area contributed by atoms with E-state index in [9.17, 15) is 9.59 Å². The SMILES string of the molecule is CON(C)C(=O)C1C/C=C\CCCOc2ccccc2C(=O)N1. The largest absolute Gasteiger partial charge is 0.493 e. The van der Waals surface area contributed by atoms with E-state index in [1.165, 1.54) is 14.2 Å². The molecule has 1 heterocycles. The lowest BCUT2D eigenvalue weighted by Gasteiger charge is -2.22. The second kappa shape index (κ2) is 8.33. The molecule has 1 atom stereocenters. The lowest BCUT2D eigenvalue weighted by molar-refractivity contribution is -0.170. The molecule has 0 fully saturated rings. The highest BCUT2D eigenvalue weighted by Crippen LogP contribution is 2.19. The molecule has 124 valence electrons. The van der Waals surface area contributed by atoms with Gasteiger partial charge >= 0.3 is 0 Å². The standard InChI is InChI=1S/C17H22N2O4/c1-19(22-2)17(21)14-10-5-3-4-8-12-23-15-11-7-6-9-13(15)16(20)18-14/h3,5-7,9,11,14H,4,8,10,12H2,1-2H3,(H,18,20)/b5-3-. The zero-order valence-electron chi connectivity index (χ0n) is 13.5. The van der Waals surface area contributed by atoms with E-state index in [4.69, 9.17) is 9.57 Å². The van der Waals surface area contributed by atoms with Crippen molar-refractivity contribution in [3.05, 3.63) is 42.0 Å². The van der Waals surface area contributed by atoms with Gasteiger partial charge in [-0.1, -0.05) is 24.3 Å². The zero-order chi connectivity index (χ0) is 16.7. The van der Waals surface area contributed by atoms with Gasteiger partial charge in [0.15, 0.2) is 0 Å². The molecule has 0 aromatic heterocycles. The number of ether oxygens (including phenoxy) is 1. The number of likely N-dealkylation sites (N-methyl/N-ethyl adjacent to an activating group) is 1. The number of rotatable bonds is 2. The van der Waals surface area contributed by atoms with Gasteiger partial charge in [0, 0.05) is 7.05 Å². The summed E-state index contributed by atoms with van der Waals surface area (Å²) < 4.78 is 5.68. The van der Waals surface area contributed by atoms with E-state index in [1.54, 1.807) is 18.2 Å². The Balaban J connectivity index is 2.25. The molecular formula is C17H22N2O4. The Morgan fingerprint density at radius 3 is 2.91 bits per heavy atom. The number of fused-ring (bicyclic) bond motifs is 1. The van der Waals surface area contributed by atoms with Crippen LogP contribution >= 0.6 is 0 Å². The molecule has 0 bridgehead atoms. The fraction of sp³-hybridized carbons (Fsp3) is 0.412. The maximum absolute atomic E-state index is 12.5. The van der Waals surface area contributed by atoms with Gasteiger partial charge in [0.05, 0.1) is 19.3 Å². The number of nitrogens with zero attached hydrogens (tertiary/aromatic N) is 1. The molecule has 1 aliphatic rings. The smallest absolute Gasteiger partial charge is 0.268 e. The highest BCUT2D eigenvalue weighted by atomic mass is 16.7. The van der Waals surface area contributed by atoms with Gasteiger partial charge in [0.25, 0.3) is 11.8 Å². The predicted molar refractivity (Wildman–Crippen MR) is 86.0 cm³/mol. The predicted octanol–water partition coefficient (Wildman–Crippen LogP) is 1.92. The van der Waals surface area contributed by atoms with E-state index in [-0.39, 0.29) is 11.8 Å². The summed E-state index contributed by atoms with van der Waals surface area (Å²) in [6.07, 6.45) is 6.03. The van der Waals surface area contributed by atoms with Crippen LogP contribution in [0.5, 0.6) is 5.75 Å². The van der Waals surface area contributed by atoms with E-state index < -0.39 is 6.04 Å². The molecule has 1 N–H and O–H groups in total. The molecule has 0 aliphatic carbocycles. The molecule has 1 aliphatic heterocycles. The maximum Gasteiger partial charge on any atom is 0.268 e. The fourth-order valence-corrected chi connectivity index (χ4v) is 2.28. The highest BCUT2D eigenvalue weighted by Gasteiger charge is 2.25. The number of carbonyl (C=O) groups excluding carboxylic acids is 2. The number of carbonyl (C=O) groups is 2. The van der Waals surface area contributed by atoms with Crippen molar-refractivity contribution in [3.8, 4) is 5.75 Å². The highest BCUT2D eigenvalue weighted by molar-refractivity contribution is 5.99. The first-order valence-electron chi connectivity index (χ1n) is 7.63. The Kier molecular flexibility index (Phi) is 6.17. The van der Waals surface area contributed by atoms with E-state index in [1.807, 2.05) is 18.2 Å². The molecule has 0 spiro atoms. The number of allylic oxidation sites excluding steroid dienone is 1. The van der Waals surface area contributed by atoms with Crippen LogP contribution in [-0.2, 0) is 9.63 Å². The summed E-state index contributed by atoms with van der Waals surface area (Å²) in [5, 5.41) is 3.88. The van der Waals surface area contributed by atoms with Crippen molar-refractivity contribution in [1.29, 1.82) is 0 Å². The van der Waals surface area contributed by atoms with E-state index in [0.29, 0.717) is 24.3 Å². The summed E-state index contributed by atoms with van der Waals surface area (Å²) in [7, 11) is 2.93. The number of hydrogen-bond acceptors (Lipinski definition) is 4. The third-order valence-electron chi connectivity index (χ3n) is 3.63. The molecule has 1 aromatic carbocycles. The lowest BCUT2D eigenvalue weighted by atomic mass is 10.1. The fourth-order valence-electron chi connectivity index (χ4n) is 2.28. The monoisotopic (exact) mass is 318 g/mol. The van der Waals surface area contributed by atoms with Crippen LogP contribution in [0.15, 0.2) is 36.4 Å². The van der Waals surface area contributed by atoms with Crippen LogP contribution in [0.4, 0.5) is 0 Å². The molecule has 1 aromatic rings. The van der Waals surface area contributed by atoms with Crippen LogP contribution in [-0.4, -0.2) is 43.7 Å². The third-order valence-corrected chi connectivity index (χ3v) is 3.63. The van der Waals surface area contributed by atoms with Crippen LogP contribution < -0.4 is 10.1 Å². The molecule has 0 saturated heterocycles. The van der Waals surface area contributed by atoms with Gasteiger partial charge in [-0.2, -0.15) is 0 Å². The average Bonchev–Trinajstić information content (AvgIpc) is 2.57. The second-order valence-corrected chi connectivity index (χ2v) is 5.24. The second-order valence-electron chi connectivity index (χ2n) is 5.24. The van der Waals surface area contributed by atoms with Gasteiger partial charge in [-0.25, -0.2) is 5.06 Å². The molecule has 0 saturated carbocycles. The average molecular weight is 318 g/mol. The van der Waals surface area contributed by atoms with Crippen molar-refractivity contribution in [2.45, 2.75) is 25.3 Å². The lowest BCUT2D eigenvalue weighted by Crippen LogP contribution is -2.46. The first kappa shape index (κ1) is 17.0. The number of hydrogen-bond donors (Lipinski definition) is 1. The summed E-state index contributed by atoms with van der Waals surface area (Å²) in [5.41, 5.74) is 0.426. The number of amides is 2. The van der Waals surface area contributed by atoms with E-state index >= 15 is 0 Å². The van der Waals surface area contributed by atoms with Gasteiger partial charge in [0.1, 0.15) is 11.8 Å². The molecule has 0 radical (unpaired) electrons. The molecular weight excluding hydrogens is 296 g/mol. The number of para-hydroxylation sites is 1. The van der Waals surface area contributed by atoms with Crippen LogP contribution in [0.1, 0.15) is 29.6 Å². The normalized spacial score (nSPS) is 20.1. The molecule has 1 unspecified atom stereocenters. The molecule has 23 heavy (non-hydrogen) atoms. The maximum atomic E-state index is 12.5. The quantitative estimate of drug-likeness (QED) is 0.668. The Morgan fingerprint density at radius 2 is 2.13 bits per heavy atom. The van der Waals surface area contributed by atoms with Gasteiger partial charge in [0.2, 0.25) is 0 Å². The van der Waals surface area contributed by atoms with Gasteiger partial charge in [-0.3, -0.25) is 14.4 Å². The zero-order valence-corrected chi connectivity index (χ0v) is 13.5. The van der Waals surface area contributed by atoms with E-state index in [0.717, 1.165) is 17.9 Å². The summed E-state index contributed by atoms with van der Waals surface area (Å²) >= 11 is 0. The minimum atomic E-state index is -0.684. The topological polar surface area (TPSA) is 67.9 Å². The van der Waals surface area contributed by atoms with Crippen molar-refractivity contribution in [1.82, 2.24) is 10.4 Å². The summed E-state index contributed by atoms with van der Waals surface area (Å²) in [6, 6.07) is 6.35. The summed E-state index contributed by atoms with van der Waals surface area (Å²) in [5.74, 6) is -0.112. The number of benzene rings is 1. The van der Waals surface area contributed by atoms with Crippen molar-refractivity contribution >= 4 is 11.8 Å². The summed E-state index contributed by atoms with van der Waals surface area (Å²) in [4.78, 5) is 29.8. The molecule has 2 rings (SSSR count). The van der Waals surface area contributed by atoms with Crippen molar-refractivity contribution < 1.29 is 19.2 Å². The van der Waals surface area contributed by atoms with Crippen molar-refractivity contribution in [3.63, 3.8) is 0 Å². The van der Waals surface area contributed by atoms with Crippen molar-refractivity contribution in [2.75, 3.05) is 20.8 Å². The summed E-state index contributed by atoms with van der Waals surface area (Å²) in [6.45, 7) is 0.545. The molecule has 6 heteroatoms. The molecule has 2 amide bonds. The Hall–Kier alpha value is -2.34. The van der Waals surface area contributed by atoms with Crippen LogP contribution in [0, 0.1) is 0 Å². The van der Waals surface area contributed by atoms with Crippen molar-refractivity contribution in [2.24, 2.45) is 0 Å². The number of nitrogens with one attached hydrogen (secondary N) is 1. The van der Waals surface area contributed by atoms with Crippen LogP contribution in [0.2, 0.25) is 0 Å². The van der Waals surface area contributed by atoms with Crippen LogP contribution in [0.25, 0.3) is 0 Å². The van der Waals surface area contributed by atoms with Gasteiger partial charge in [-0.15, -0.1) is 0 Å². The van der Waals surface area contributed by atoms with Gasteiger partial charge < -0.3 is 10.1 Å². The Bertz CT molecular complexity index is 586.